The number of aliphatic hydroxyl groups is 5. The quantitative estimate of drug-likeness (QED) is 0.0195. The molecule has 1 aliphatic heterocycles. The molecule has 8 atom stereocenters. The SMILES string of the molecule is CC/C=C\C/C=C\C/C=C\C/C=C\C/C=C\CCCCCC(=O)OC1C(OCC(NC(=O)C(O)CC/C=C\C/C=C\C/C=C\C/C=C\C/C=C\CC)C(O)/C=C/CCCCCCCCCCCC)OC(CO)C(O)C1O. The van der Waals surface area contributed by atoms with Crippen LogP contribution in [0.5, 0.6) is 0 Å². The van der Waals surface area contributed by atoms with E-state index in [2.05, 4.69) is 135 Å². The smallest absolute Gasteiger partial charge is 0.306 e. The summed E-state index contributed by atoms with van der Waals surface area (Å²) in [6, 6.07) is -1.07. The summed E-state index contributed by atoms with van der Waals surface area (Å²) in [6.45, 7) is 5.48. The first-order chi connectivity index (χ1) is 37.2. The van der Waals surface area contributed by atoms with Crippen molar-refractivity contribution < 1.29 is 49.3 Å². The Labute approximate surface area is 461 Å². The molecule has 0 saturated carbocycles. The molecule has 0 radical (unpaired) electrons. The fraction of sp³-hybridized carbons (Fsp3) is 0.631. The van der Waals surface area contributed by atoms with Gasteiger partial charge in [0.15, 0.2) is 12.4 Å². The van der Waals surface area contributed by atoms with Crippen molar-refractivity contribution in [2.45, 2.75) is 250 Å². The Kier molecular flexibility index (Phi) is 47.4. The number of hydrogen-bond donors (Lipinski definition) is 6. The molecular weight excluding hydrogens is 955 g/mol. The summed E-state index contributed by atoms with van der Waals surface area (Å²) < 4.78 is 17.5. The maximum absolute atomic E-state index is 13.4. The van der Waals surface area contributed by atoms with Crippen molar-refractivity contribution in [3.8, 4) is 0 Å². The van der Waals surface area contributed by atoms with Gasteiger partial charge in [-0.1, -0.05) is 219 Å². The monoisotopic (exact) mass is 1060 g/mol. The summed E-state index contributed by atoms with van der Waals surface area (Å²) in [7, 11) is 0. The molecule has 1 amide bonds. The summed E-state index contributed by atoms with van der Waals surface area (Å²) in [5, 5.41) is 56.8. The van der Waals surface area contributed by atoms with Crippen molar-refractivity contribution in [3.05, 3.63) is 134 Å². The molecule has 0 spiro atoms. The minimum atomic E-state index is -1.65. The lowest BCUT2D eigenvalue weighted by atomic mass is 9.99. The van der Waals surface area contributed by atoms with Crippen molar-refractivity contribution in [1.82, 2.24) is 5.32 Å². The predicted molar refractivity (Wildman–Crippen MR) is 314 cm³/mol. The summed E-state index contributed by atoms with van der Waals surface area (Å²) in [5.41, 5.74) is 0. The Balaban J connectivity index is 2.78. The van der Waals surface area contributed by atoms with Crippen LogP contribution in [0.1, 0.15) is 201 Å². The van der Waals surface area contributed by atoms with Gasteiger partial charge < -0.3 is 45.1 Å². The normalized spacial score (nSPS) is 20.1. The number of hydrogen-bond acceptors (Lipinski definition) is 10. The first-order valence-electron chi connectivity index (χ1n) is 29.5. The van der Waals surface area contributed by atoms with E-state index in [1.165, 1.54) is 44.9 Å². The van der Waals surface area contributed by atoms with Crippen molar-refractivity contribution >= 4 is 11.9 Å². The Bertz CT molecular complexity index is 1740. The molecule has 0 aromatic carbocycles. The van der Waals surface area contributed by atoms with Gasteiger partial charge in [0.2, 0.25) is 5.91 Å². The van der Waals surface area contributed by atoms with Crippen LogP contribution in [0.3, 0.4) is 0 Å². The van der Waals surface area contributed by atoms with E-state index in [9.17, 15) is 35.1 Å². The standard InChI is InChI=1S/C65H105NO10/c1-4-7-10-13-16-19-22-25-27-29-30-31-33-35-38-41-44-47-50-53-60(70)76-63-62(72)61(71)59(54-67)75-65(63)74-55-56(57(68)51-48-45-42-39-36-24-21-18-15-12-9-6-3)66-64(73)58(69)52-49-46-43-40-37-34-32-28-26-23-20-17-14-11-8-5-2/h7-8,10-11,16-17,19-20,25-28,30-31,34-35,37-38,43,46,48,51,56-59,61-63,65,67-69,71-72H,4-6,9,12-15,18,21-24,29,32-33,36,39-42,44-45,47,49-50,52-55H2,1-3H3,(H,66,73)/b10-7-,11-8-,19-16-,20-17-,27-25-,28-26-,31-30-,37-34-,38-35-,46-43-,51-48+. The van der Waals surface area contributed by atoms with E-state index in [1.807, 2.05) is 18.2 Å². The number of ether oxygens (including phenoxy) is 3. The Morgan fingerprint density at radius 1 is 0.526 bits per heavy atom. The van der Waals surface area contributed by atoms with E-state index < -0.39 is 67.4 Å². The molecule has 1 saturated heterocycles. The Hall–Kier alpha value is -4.20. The number of esters is 1. The van der Waals surface area contributed by atoms with Gasteiger partial charge in [-0.15, -0.1) is 0 Å². The largest absolute Gasteiger partial charge is 0.454 e. The van der Waals surface area contributed by atoms with Gasteiger partial charge in [-0.3, -0.25) is 9.59 Å². The Morgan fingerprint density at radius 3 is 1.42 bits per heavy atom. The summed E-state index contributed by atoms with van der Waals surface area (Å²) in [6.07, 6.45) is 62.1. The van der Waals surface area contributed by atoms with Gasteiger partial charge in [0, 0.05) is 6.42 Å². The third-order valence-electron chi connectivity index (χ3n) is 12.8. The van der Waals surface area contributed by atoms with Crippen molar-refractivity contribution in [2.24, 2.45) is 0 Å². The van der Waals surface area contributed by atoms with E-state index in [0.717, 1.165) is 109 Å². The number of carbonyl (C=O) groups excluding carboxylic acids is 2. The van der Waals surface area contributed by atoms with Gasteiger partial charge in [-0.25, -0.2) is 0 Å². The van der Waals surface area contributed by atoms with Crippen LogP contribution in [-0.4, -0.2) is 99.6 Å². The molecule has 76 heavy (non-hydrogen) atoms. The van der Waals surface area contributed by atoms with Gasteiger partial charge in [0.05, 0.1) is 25.4 Å². The molecule has 0 bridgehead atoms. The molecule has 1 fully saturated rings. The number of allylic oxidation sites excluding steroid dienone is 21. The molecular formula is C65H105NO10. The zero-order chi connectivity index (χ0) is 55.4. The van der Waals surface area contributed by atoms with E-state index in [1.54, 1.807) is 6.08 Å². The fourth-order valence-corrected chi connectivity index (χ4v) is 8.18. The van der Waals surface area contributed by atoms with E-state index >= 15 is 0 Å². The van der Waals surface area contributed by atoms with Crippen molar-refractivity contribution in [3.63, 3.8) is 0 Å². The van der Waals surface area contributed by atoms with Crippen molar-refractivity contribution in [1.29, 1.82) is 0 Å². The molecule has 0 aliphatic carbocycles. The third kappa shape index (κ3) is 39.2. The zero-order valence-corrected chi connectivity index (χ0v) is 47.3. The highest BCUT2D eigenvalue weighted by molar-refractivity contribution is 5.80. The second-order valence-electron chi connectivity index (χ2n) is 19.6. The van der Waals surface area contributed by atoms with Crippen LogP contribution in [0.15, 0.2) is 134 Å². The van der Waals surface area contributed by atoms with Crippen LogP contribution >= 0.6 is 0 Å². The minimum Gasteiger partial charge on any atom is -0.454 e. The second-order valence-corrected chi connectivity index (χ2v) is 19.6. The molecule has 8 unspecified atom stereocenters. The van der Waals surface area contributed by atoms with Gasteiger partial charge >= 0.3 is 5.97 Å². The maximum Gasteiger partial charge on any atom is 0.306 e. The number of nitrogens with one attached hydrogen (secondary N) is 1. The number of amides is 1. The molecule has 0 aromatic heterocycles. The van der Waals surface area contributed by atoms with Gasteiger partial charge in [-0.2, -0.15) is 0 Å². The first kappa shape index (κ1) is 69.8. The van der Waals surface area contributed by atoms with Crippen molar-refractivity contribution in [2.75, 3.05) is 13.2 Å². The van der Waals surface area contributed by atoms with E-state index in [4.69, 9.17) is 14.2 Å². The van der Waals surface area contributed by atoms with Gasteiger partial charge in [-0.05, 0) is 109 Å². The summed E-state index contributed by atoms with van der Waals surface area (Å²) in [4.78, 5) is 26.5. The molecule has 11 nitrogen and oxygen atoms in total. The zero-order valence-electron chi connectivity index (χ0n) is 47.3. The van der Waals surface area contributed by atoms with Crippen LogP contribution in [0, 0.1) is 0 Å². The predicted octanol–water partition coefficient (Wildman–Crippen LogP) is 13.7. The first-order valence-corrected chi connectivity index (χ1v) is 29.5. The summed E-state index contributed by atoms with van der Waals surface area (Å²) >= 11 is 0. The lowest BCUT2D eigenvalue weighted by Gasteiger charge is -2.41. The minimum absolute atomic E-state index is 0.0693. The molecule has 11 heteroatoms. The lowest BCUT2D eigenvalue weighted by molar-refractivity contribution is -0.305. The lowest BCUT2D eigenvalue weighted by Crippen LogP contribution is -2.61. The third-order valence-corrected chi connectivity index (χ3v) is 12.8. The van der Waals surface area contributed by atoms with E-state index in [-0.39, 0.29) is 19.4 Å². The Morgan fingerprint density at radius 2 is 0.947 bits per heavy atom. The summed E-state index contributed by atoms with van der Waals surface area (Å²) in [5.74, 6) is -1.30. The highest BCUT2D eigenvalue weighted by Crippen LogP contribution is 2.26. The van der Waals surface area contributed by atoms with Gasteiger partial charge in [0.25, 0.3) is 0 Å². The topological polar surface area (TPSA) is 175 Å². The molecule has 1 rings (SSSR count). The molecule has 430 valence electrons. The van der Waals surface area contributed by atoms with E-state index in [0.29, 0.717) is 12.8 Å². The fourth-order valence-electron chi connectivity index (χ4n) is 8.18. The average molecular weight is 1060 g/mol. The van der Waals surface area contributed by atoms with Crippen LogP contribution in [0.2, 0.25) is 0 Å². The maximum atomic E-state index is 13.4. The van der Waals surface area contributed by atoms with Gasteiger partial charge in [0.1, 0.15) is 24.4 Å². The number of aliphatic hydroxyl groups excluding tert-OH is 5. The average Bonchev–Trinajstić information content (AvgIpc) is 3.42. The number of rotatable bonds is 47. The second kappa shape index (κ2) is 51.6. The molecule has 6 N–H and O–H groups in total. The number of unbranched alkanes of at least 4 members (excludes halogenated alkanes) is 13. The highest BCUT2D eigenvalue weighted by atomic mass is 16.7. The number of carbonyl (C=O) groups is 2. The van der Waals surface area contributed by atoms with Crippen LogP contribution in [0.25, 0.3) is 0 Å². The van der Waals surface area contributed by atoms with Crippen LogP contribution < -0.4 is 5.32 Å². The van der Waals surface area contributed by atoms with Crippen LogP contribution in [0.4, 0.5) is 0 Å². The molecule has 1 heterocycles. The molecule has 0 aromatic rings. The molecule has 1 aliphatic rings. The highest BCUT2D eigenvalue weighted by Gasteiger charge is 2.47. The van der Waals surface area contributed by atoms with Crippen LogP contribution in [-0.2, 0) is 23.8 Å².